The van der Waals surface area contributed by atoms with Crippen LogP contribution in [0.1, 0.15) is 41.4 Å². The molecule has 4 nitrogen and oxygen atoms in total. The van der Waals surface area contributed by atoms with Crippen LogP contribution in [0.4, 0.5) is 0 Å². The largest absolute Gasteiger partial charge is 0.388 e. The number of aliphatic hydroxyl groups is 1. The summed E-state index contributed by atoms with van der Waals surface area (Å²) in [5.41, 5.74) is 1.40. The second-order valence-corrected chi connectivity index (χ2v) is 6.12. The molecule has 1 aliphatic heterocycles. The molecule has 0 bridgehead atoms. The predicted octanol–water partition coefficient (Wildman–Crippen LogP) is 3.40. The van der Waals surface area contributed by atoms with E-state index >= 15 is 0 Å². The number of aromatic amines is 1. The van der Waals surface area contributed by atoms with E-state index in [1.54, 1.807) is 12.3 Å². The summed E-state index contributed by atoms with van der Waals surface area (Å²) in [6, 6.07) is 11.3. The van der Waals surface area contributed by atoms with Gasteiger partial charge in [-0.1, -0.05) is 41.9 Å². The molecule has 1 aromatic heterocycles. The molecule has 2 heterocycles. The third kappa shape index (κ3) is 3.18. The van der Waals surface area contributed by atoms with Crippen molar-refractivity contribution in [3.05, 3.63) is 58.9 Å². The average molecular weight is 319 g/mol. The maximum atomic E-state index is 12.5. The number of nitrogens with one attached hydrogen (secondary N) is 1. The number of carbonyl (C=O) groups excluding carboxylic acids is 1. The van der Waals surface area contributed by atoms with Gasteiger partial charge in [-0.15, -0.1) is 0 Å². The minimum Gasteiger partial charge on any atom is -0.388 e. The molecule has 5 heteroatoms. The highest BCUT2D eigenvalue weighted by atomic mass is 35.5. The number of rotatable bonds is 4. The Morgan fingerprint density at radius 3 is 2.86 bits per heavy atom. The molecule has 3 rings (SSSR count). The van der Waals surface area contributed by atoms with Crippen molar-refractivity contribution >= 4 is 17.5 Å². The number of nitrogens with zero attached hydrogens (tertiary/aromatic N) is 1. The fourth-order valence-corrected chi connectivity index (χ4v) is 3.23. The SMILES string of the molecule is O=C(c1cc(Cl)c[nH]1)N1CCCC1CC(O)c1ccccc1. The van der Waals surface area contributed by atoms with Crippen LogP contribution in [0.25, 0.3) is 0 Å². The van der Waals surface area contributed by atoms with Crippen LogP contribution in [0.2, 0.25) is 5.02 Å². The van der Waals surface area contributed by atoms with Gasteiger partial charge in [0, 0.05) is 18.8 Å². The number of aromatic nitrogens is 1. The number of hydrogen-bond donors (Lipinski definition) is 2. The number of benzene rings is 1. The van der Waals surface area contributed by atoms with Gasteiger partial charge in [-0.2, -0.15) is 0 Å². The summed E-state index contributed by atoms with van der Waals surface area (Å²) in [5, 5.41) is 10.9. The molecule has 2 N–H and O–H groups in total. The minimum absolute atomic E-state index is 0.0466. The molecule has 0 radical (unpaired) electrons. The molecule has 2 atom stereocenters. The Bertz CT molecular complexity index is 641. The number of halogens is 1. The predicted molar refractivity (Wildman–Crippen MR) is 85.9 cm³/mol. The van der Waals surface area contributed by atoms with Crippen LogP contribution in [0, 0.1) is 0 Å². The fourth-order valence-electron chi connectivity index (χ4n) is 3.06. The molecular formula is C17H19ClN2O2. The number of aliphatic hydroxyl groups excluding tert-OH is 1. The van der Waals surface area contributed by atoms with E-state index in [4.69, 9.17) is 11.6 Å². The van der Waals surface area contributed by atoms with Gasteiger partial charge >= 0.3 is 0 Å². The fraction of sp³-hybridized carbons (Fsp3) is 0.353. The van der Waals surface area contributed by atoms with Gasteiger partial charge < -0.3 is 15.0 Å². The number of likely N-dealkylation sites (tertiary alicyclic amines) is 1. The molecule has 2 aromatic rings. The molecule has 0 aliphatic carbocycles. The molecular weight excluding hydrogens is 300 g/mol. The van der Waals surface area contributed by atoms with E-state index < -0.39 is 6.10 Å². The maximum Gasteiger partial charge on any atom is 0.270 e. The molecule has 22 heavy (non-hydrogen) atoms. The monoisotopic (exact) mass is 318 g/mol. The van der Waals surface area contributed by atoms with Crippen LogP contribution in [-0.4, -0.2) is 33.5 Å². The topological polar surface area (TPSA) is 56.3 Å². The van der Waals surface area contributed by atoms with Gasteiger partial charge in [-0.05, 0) is 30.9 Å². The Morgan fingerprint density at radius 2 is 2.18 bits per heavy atom. The van der Waals surface area contributed by atoms with Crippen molar-refractivity contribution in [2.24, 2.45) is 0 Å². The molecule has 1 amide bonds. The van der Waals surface area contributed by atoms with Crippen LogP contribution in [0.15, 0.2) is 42.6 Å². The Morgan fingerprint density at radius 1 is 1.41 bits per heavy atom. The normalized spacial score (nSPS) is 19.4. The summed E-state index contributed by atoms with van der Waals surface area (Å²) >= 11 is 5.87. The van der Waals surface area contributed by atoms with Crippen molar-refractivity contribution in [1.82, 2.24) is 9.88 Å². The third-order valence-corrected chi connectivity index (χ3v) is 4.41. The van der Waals surface area contributed by atoms with Gasteiger partial charge in [0.15, 0.2) is 0 Å². The lowest BCUT2D eigenvalue weighted by Crippen LogP contribution is -2.36. The first-order valence-corrected chi connectivity index (χ1v) is 7.91. The third-order valence-electron chi connectivity index (χ3n) is 4.20. The van der Waals surface area contributed by atoms with Crippen LogP contribution in [0.3, 0.4) is 0 Å². The quantitative estimate of drug-likeness (QED) is 0.907. The van der Waals surface area contributed by atoms with Gasteiger partial charge in [-0.25, -0.2) is 0 Å². The van der Waals surface area contributed by atoms with Gasteiger partial charge in [-0.3, -0.25) is 4.79 Å². The van der Waals surface area contributed by atoms with Crippen LogP contribution in [0.5, 0.6) is 0 Å². The zero-order chi connectivity index (χ0) is 15.5. The summed E-state index contributed by atoms with van der Waals surface area (Å²) in [6.45, 7) is 0.724. The second-order valence-electron chi connectivity index (χ2n) is 5.69. The lowest BCUT2D eigenvalue weighted by Gasteiger charge is -2.26. The van der Waals surface area contributed by atoms with Gasteiger partial charge in [0.25, 0.3) is 5.91 Å². The summed E-state index contributed by atoms with van der Waals surface area (Å²) in [5.74, 6) is -0.0466. The van der Waals surface area contributed by atoms with Crippen LogP contribution in [-0.2, 0) is 0 Å². The molecule has 1 saturated heterocycles. The molecule has 0 spiro atoms. The van der Waals surface area contributed by atoms with E-state index in [2.05, 4.69) is 4.98 Å². The summed E-state index contributed by atoms with van der Waals surface area (Å²) < 4.78 is 0. The van der Waals surface area contributed by atoms with Crippen LogP contribution < -0.4 is 0 Å². The summed E-state index contributed by atoms with van der Waals surface area (Å²) in [4.78, 5) is 17.3. The summed E-state index contributed by atoms with van der Waals surface area (Å²) in [6.07, 6.45) is 3.51. The zero-order valence-corrected chi connectivity index (χ0v) is 13.0. The number of hydrogen-bond acceptors (Lipinski definition) is 2. The average Bonchev–Trinajstić information content (AvgIpc) is 3.16. The zero-order valence-electron chi connectivity index (χ0n) is 12.2. The van der Waals surface area contributed by atoms with Crippen molar-refractivity contribution in [3.8, 4) is 0 Å². The number of amides is 1. The van der Waals surface area contributed by atoms with Crippen molar-refractivity contribution in [3.63, 3.8) is 0 Å². The van der Waals surface area contributed by atoms with Crippen molar-refractivity contribution in [2.45, 2.75) is 31.4 Å². The van der Waals surface area contributed by atoms with Crippen LogP contribution >= 0.6 is 11.6 Å². The van der Waals surface area contributed by atoms with Gasteiger partial charge in [0.05, 0.1) is 11.1 Å². The highest BCUT2D eigenvalue weighted by Gasteiger charge is 2.31. The molecule has 2 unspecified atom stereocenters. The number of H-pyrrole nitrogens is 1. The molecule has 1 aromatic carbocycles. The highest BCUT2D eigenvalue weighted by molar-refractivity contribution is 6.30. The summed E-state index contributed by atoms with van der Waals surface area (Å²) in [7, 11) is 0. The van der Waals surface area contributed by atoms with E-state index in [-0.39, 0.29) is 11.9 Å². The van der Waals surface area contributed by atoms with Crippen molar-refractivity contribution in [2.75, 3.05) is 6.54 Å². The molecule has 1 fully saturated rings. The second kappa shape index (κ2) is 6.55. The number of carbonyl (C=O) groups is 1. The first-order valence-electron chi connectivity index (χ1n) is 7.53. The first-order chi connectivity index (χ1) is 10.6. The van der Waals surface area contributed by atoms with Crippen molar-refractivity contribution in [1.29, 1.82) is 0 Å². The van der Waals surface area contributed by atoms with E-state index in [1.807, 2.05) is 35.2 Å². The molecule has 0 saturated carbocycles. The van der Waals surface area contributed by atoms with E-state index in [1.165, 1.54) is 0 Å². The van der Waals surface area contributed by atoms with E-state index in [0.29, 0.717) is 17.1 Å². The first kappa shape index (κ1) is 15.1. The van der Waals surface area contributed by atoms with Gasteiger partial charge in [0.1, 0.15) is 5.69 Å². The standard InChI is InChI=1S/C17H19ClN2O2/c18-13-9-15(19-11-13)17(22)20-8-4-7-14(20)10-16(21)12-5-2-1-3-6-12/h1-3,5-6,9,11,14,16,19,21H,4,7-8,10H2. The van der Waals surface area contributed by atoms with Crippen molar-refractivity contribution < 1.29 is 9.90 Å². The molecule has 116 valence electrons. The molecule has 1 aliphatic rings. The van der Waals surface area contributed by atoms with E-state index in [9.17, 15) is 9.90 Å². The lowest BCUT2D eigenvalue weighted by molar-refractivity contribution is 0.0662. The maximum absolute atomic E-state index is 12.5. The smallest absolute Gasteiger partial charge is 0.270 e. The van der Waals surface area contributed by atoms with Gasteiger partial charge in [0.2, 0.25) is 0 Å². The Hall–Kier alpha value is -1.78. The van der Waals surface area contributed by atoms with E-state index in [0.717, 1.165) is 24.9 Å². The Labute approximate surface area is 134 Å². The highest BCUT2D eigenvalue weighted by Crippen LogP contribution is 2.28. The Balaban J connectivity index is 1.69. The Kier molecular flexibility index (Phi) is 4.50. The minimum atomic E-state index is -0.549. The lowest BCUT2D eigenvalue weighted by atomic mass is 10.0.